The first kappa shape index (κ1) is 21.0. The Labute approximate surface area is 164 Å². The van der Waals surface area contributed by atoms with Gasteiger partial charge in [-0.05, 0) is 39.0 Å². The van der Waals surface area contributed by atoms with Crippen molar-refractivity contribution in [1.82, 2.24) is 15.1 Å². The van der Waals surface area contributed by atoms with Gasteiger partial charge >= 0.3 is 6.09 Å². The molecule has 3 amide bonds. The Kier molecular flexibility index (Phi) is 7.07. The number of benzene rings is 1. The summed E-state index contributed by atoms with van der Waals surface area (Å²) < 4.78 is 5.13. The van der Waals surface area contributed by atoms with E-state index in [0.717, 1.165) is 0 Å². The van der Waals surface area contributed by atoms with Crippen LogP contribution in [0.2, 0.25) is 5.02 Å². The normalized spacial score (nSPS) is 14.7. The van der Waals surface area contributed by atoms with E-state index in [0.29, 0.717) is 36.8 Å². The lowest BCUT2D eigenvalue weighted by atomic mass is 10.2. The van der Waals surface area contributed by atoms with Crippen molar-refractivity contribution in [1.29, 1.82) is 0 Å². The number of hydrogen-bond acceptors (Lipinski definition) is 4. The number of nitrogens with zero attached hydrogens (tertiary/aromatic N) is 2. The fourth-order valence-electron chi connectivity index (χ4n) is 2.71. The Bertz CT molecular complexity index is 694. The van der Waals surface area contributed by atoms with Gasteiger partial charge in [0.15, 0.2) is 0 Å². The molecule has 2 rings (SSSR count). The van der Waals surface area contributed by atoms with Crippen LogP contribution < -0.4 is 5.32 Å². The van der Waals surface area contributed by atoms with Crippen molar-refractivity contribution in [2.24, 2.45) is 0 Å². The summed E-state index contributed by atoms with van der Waals surface area (Å²) in [5, 5.41) is 3.10. The highest BCUT2D eigenvalue weighted by Crippen LogP contribution is 2.14. The van der Waals surface area contributed by atoms with E-state index in [1.165, 1.54) is 0 Å². The van der Waals surface area contributed by atoms with Gasteiger partial charge in [-0.15, -0.1) is 0 Å². The molecule has 0 aliphatic carbocycles. The molecule has 1 N–H and O–H groups in total. The van der Waals surface area contributed by atoms with Crippen LogP contribution in [0.1, 0.15) is 37.6 Å². The van der Waals surface area contributed by atoms with Crippen LogP contribution in [0, 0.1) is 0 Å². The molecule has 0 radical (unpaired) electrons. The van der Waals surface area contributed by atoms with Crippen LogP contribution in [0.3, 0.4) is 0 Å². The first-order chi connectivity index (χ1) is 12.7. The van der Waals surface area contributed by atoms with E-state index in [-0.39, 0.29) is 24.8 Å². The van der Waals surface area contributed by atoms with Crippen LogP contribution in [0.4, 0.5) is 4.79 Å². The Balaban J connectivity index is 1.74. The van der Waals surface area contributed by atoms with Gasteiger partial charge < -0.3 is 19.9 Å². The van der Waals surface area contributed by atoms with Crippen LogP contribution in [-0.4, -0.2) is 66.0 Å². The number of alkyl carbamates (subject to hydrolysis) is 1. The van der Waals surface area contributed by atoms with Crippen molar-refractivity contribution in [2.45, 2.75) is 32.8 Å². The van der Waals surface area contributed by atoms with E-state index in [2.05, 4.69) is 5.32 Å². The third-order valence-electron chi connectivity index (χ3n) is 4.00. The number of rotatable bonds is 4. The monoisotopic (exact) mass is 395 g/mol. The Morgan fingerprint density at radius 1 is 1.11 bits per heavy atom. The predicted octanol–water partition coefficient (Wildman–Crippen LogP) is 2.54. The fraction of sp³-hybridized carbons (Fsp3) is 0.526. The minimum atomic E-state index is -0.570. The first-order valence-electron chi connectivity index (χ1n) is 8.95. The van der Waals surface area contributed by atoms with Gasteiger partial charge in [-0.25, -0.2) is 4.79 Å². The summed E-state index contributed by atoms with van der Waals surface area (Å²) in [7, 11) is 0. The van der Waals surface area contributed by atoms with Gasteiger partial charge in [0.1, 0.15) is 5.60 Å². The number of carbonyl (C=O) groups excluding carboxylic acids is 3. The quantitative estimate of drug-likeness (QED) is 0.849. The van der Waals surface area contributed by atoms with Crippen LogP contribution in [-0.2, 0) is 9.53 Å². The third kappa shape index (κ3) is 6.75. The molecule has 8 heteroatoms. The Morgan fingerprint density at radius 2 is 1.74 bits per heavy atom. The van der Waals surface area contributed by atoms with Gasteiger partial charge in [0.05, 0.1) is 0 Å². The van der Waals surface area contributed by atoms with E-state index >= 15 is 0 Å². The average molecular weight is 396 g/mol. The number of nitrogens with one attached hydrogen (secondary N) is 1. The molecular weight excluding hydrogens is 370 g/mol. The molecule has 1 fully saturated rings. The van der Waals surface area contributed by atoms with Gasteiger partial charge in [0.2, 0.25) is 5.91 Å². The fourth-order valence-corrected chi connectivity index (χ4v) is 2.90. The van der Waals surface area contributed by atoms with Gasteiger partial charge in [0, 0.05) is 49.7 Å². The van der Waals surface area contributed by atoms with E-state index in [9.17, 15) is 14.4 Å². The van der Waals surface area contributed by atoms with Crippen molar-refractivity contribution in [3.05, 3.63) is 34.9 Å². The summed E-state index contributed by atoms with van der Waals surface area (Å²) in [5.74, 6) is -0.142. The summed E-state index contributed by atoms with van der Waals surface area (Å²) in [4.78, 5) is 39.8. The van der Waals surface area contributed by atoms with E-state index in [1.807, 2.05) is 0 Å². The molecule has 27 heavy (non-hydrogen) atoms. The molecule has 1 aliphatic rings. The second-order valence-electron chi connectivity index (χ2n) is 7.36. The number of carbonyl (C=O) groups is 3. The van der Waals surface area contributed by atoms with Crippen LogP contribution in [0.25, 0.3) is 0 Å². The third-order valence-corrected chi connectivity index (χ3v) is 4.23. The summed E-state index contributed by atoms with van der Waals surface area (Å²) in [5.41, 5.74) is -0.0243. The van der Waals surface area contributed by atoms with Gasteiger partial charge in [0.25, 0.3) is 5.91 Å². The summed E-state index contributed by atoms with van der Waals surface area (Å²) in [6, 6.07) is 6.84. The minimum absolute atomic E-state index is 0.0547. The molecular formula is C19H26ClN3O4. The number of halogens is 1. The van der Waals surface area contributed by atoms with Gasteiger partial charge in [-0.3, -0.25) is 9.59 Å². The summed E-state index contributed by atoms with van der Waals surface area (Å²) in [6.45, 7) is 7.43. The van der Waals surface area contributed by atoms with E-state index in [1.54, 1.807) is 54.8 Å². The van der Waals surface area contributed by atoms with Crippen molar-refractivity contribution in [3.63, 3.8) is 0 Å². The molecule has 1 aromatic carbocycles. The van der Waals surface area contributed by atoms with E-state index in [4.69, 9.17) is 16.3 Å². The maximum Gasteiger partial charge on any atom is 0.407 e. The number of ether oxygens (including phenoxy) is 1. The molecule has 0 saturated carbocycles. The lowest BCUT2D eigenvalue weighted by molar-refractivity contribution is -0.132. The average Bonchev–Trinajstić information content (AvgIpc) is 2.59. The molecule has 0 bridgehead atoms. The van der Waals surface area contributed by atoms with Crippen molar-refractivity contribution in [3.8, 4) is 0 Å². The molecule has 0 atom stereocenters. The molecule has 1 aromatic rings. The van der Waals surface area contributed by atoms with Crippen molar-refractivity contribution >= 4 is 29.5 Å². The second-order valence-corrected chi connectivity index (χ2v) is 7.80. The zero-order valence-corrected chi connectivity index (χ0v) is 16.7. The zero-order chi connectivity index (χ0) is 20.0. The van der Waals surface area contributed by atoms with E-state index < -0.39 is 11.7 Å². The van der Waals surface area contributed by atoms with Crippen molar-refractivity contribution < 1.29 is 19.1 Å². The summed E-state index contributed by atoms with van der Waals surface area (Å²) in [6.07, 6.45) is -0.339. The van der Waals surface area contributed by atoms with Crippen LogP contribution in [0.5, 0.6) is 0 Å². The highest BCUT2D eigenvalue weighted by molar-refractivity contribution is 6.30. The van der Waals surface area contributed by atoms with Gasteiger partial charge in [-0.2, -0.15) is 0 Å². The SMILES string of the molecule is CC(C)(C)OC(=O)NCCC(=O)N1CCN(C(=O)c2cccc(Cl)c2)CC1. The molecule has 0 aromatic heterocycles. The molecule has 1 saturated heterocycles. The molecule has 1 heterocycles. The second kappa shape index (κ2) is 9.08. The highest BCUT2D eigenvalue weighted by atomic mass is 35.5. The topological polar surface area (TPSA) is 79.0 Å². The smallest absolute Gasteiger partial charge is 0.407 e. The maximum absolute atomic E-state index is 12.5. The number of piperazine rings is 1. The highest BCUT2D eigenvalue weighted by Gasteiger charge is 2.25. The first-order valence-corrected chi connectivity index (χ1v) is 9.33. The standard InChI is InChI=1S/C19H26ClN3O4/c1-19(2,3)27-18(26)21-8-7-16(24)22-9-11-23(12-10-22)17(25)14-5-4-6-15(20)13-14/h4-6,13H,7-12H2,1-3H3,(H,21,26). The summed E-state index contributed by atoms with van der Waals surface area (Å²) >= 11 is 5.94. The largest absolute Gasteiger partial charge is 0.444 e. The van der Waals surface area contributed by atoms with Crippen molar-refractivity contribution in [2.75, 3.05) is 32.7 Å². The number of hydrogen-bond donors (Lipinski definition) is 1. The molecule has 1 aliphatic heterocycles. The maximum atomic E-state index is 12.5. The van der Waals surface area contributed by atoms with Crippen LogP contribution >= 0.6 is 11.6 Å². The minimum Gasteiger partial charge on any atom is -0.444 e. The van der Waals surface area contributed by atoms with Gasteiger partial charge in [-0.1, -0.05) is 17.7 Å². The predicted molar refractivity (Wildman–Crippen MR) is 103 cm³/mol. The van der Waals surface area contributed by atoms with Crippen LogP contribution in [0.15, 0.2) is 24.3 Å². The lowest BCUT2D eigenvalue weighted by Crippen LogP contribution is -2.51. The molecule has 0 unspecified atom stereocenters. The molecule has 148 valence electrons. The Hall–Kier alpha value is -2.28. The number of amides is 3. The molecule has 7 nitrogen and oxygen atoms in total. The lowest BCUT2D eigenvalue weighted by Gasteiger charge is -2.35. The Morgan fingerprint density at radius 3 is 2.33 bits per heavy atom. The molecule has 0 spiro atoms. The zero-order valence-electron chi connectivity index (χ0n) is 16.0.